The average molecular weight is 310 g/mol. The largest absolute Gasteiger partial charge is 0.399 e. The second kappa shape index (κ2) is 5.46. The fraction of sp³-hybridized carbons (Fsp3) is 0.200. The van der Waals surface area contributed by atoms with E-state index in [4.69, 9.17) is 17.3 Å². The highest BCUT2D eigenvalue weighted by molar-refractivity contribution is 7.90. The van der Waals surface area contributed by atoms with Crippen LogP contribution in [0.2, 0.25) is 5.02 Å². The minimum absolute atomic E-state index is 0.0604. The summed E-state index contributed by atoms with van der Waals surface area (Å²) < 4.78 is 25.0. The Labute approximate surface area is 124 Å². The number of rotatable bonds is 3. The Morgan fingerprint density at radius 1 is 1.10 bits per heavy atom. The average Bonchev–Trinajstić information content (AvgIpc) is 2.33. The van der Waals surface area contributed by atoms with Gasteiger partial charge in [0.15, 0.2) is 9.84 Å². The summed E-state index contributed by atoms with van der Waals surface area (Å²) in [6.45, 7) is 3.81. The minimum atomic E-state index is -3.49. The van der Waals surface area contributed by atoms with Gasteiger partial charge >= 0.3 is 0 Å². The molecule has 0 amide bonds. The van der Waals surface area contributed by atoms with Crippen molar-refractivity contribution in [1.29, 1.82) is 0 Å². The Bertz CT molecular complexity index is 734. The third-order valence-corrected chi connectivity index (χ3v) is 5.39. The molecule has 0 saturated carbocycles. The maximum absolute atomic E-state index is 12.5. The van der Waals surface area contributed by atoms with E-state index < -0.39 is 9.84 Å². The van der Waals surface area contributed by atoms with E-state index in [9.17, 15) is 8.42 Å². The molecule has 0 saturated heterocycles. The van der Waals surface area contributed by atoms with Crippen molar-refractivity contribution in [3.63, 3.8) is 0 Å². The first-order valence-electron chi connectivity index (χ1n) is 6.14. The van der Waals surface area contributed by atoms with Crippen LogP contribution in [0, 0.1) is 13.8 Å². The van der Waals surface area contributed by atoms with Crippen LogP contribution in [0.25, 0.3) is 0 Å². The Morgan fingerprint density at radius 2 is 1.70 bits per heavy atom. The molecule has 0 heterocycles. The van der Waals surface area contributed by atoms with E-state index in [0.717, 1.165) is 16.7 Å². The molecule has 0 aliphatic rings. The highest BCUT2D eigenvalue weighted by Crippen LogP contribution is 2.28. The first-order chi connectivity index (χ1) is 9.31. The second-order valence-corrected chi connectivity index (χ2v) is 7.18. The first-order valence-corrected chi connectivity index (χ1v) is 8.17. The number of nitrogens with two attached hydrogens (primary N) is 1. The molecule has 5 heteroatoms. The number of hydrogen-bond donors (Lipinski definition) is 1. The molecule has 0 fully saturated rings. The number of nitrogen functional groups attached to an aromatic ring is 1. The van der Waals surface area contributed by atoms with Gasteiger partial charge in [-0.2, -0.15) is 0 Å². The van der Waals surface area contributed by atoms with Gasteiger partial charge in [-0.05, 0) is 48.7 Å². The number of anilines is 1. The van der Waals surface area contributed by atoms with Crippen LogP contribution in [-0.4, -0.2) is 8.42 Å². The molecule has 0 atom stereocenters. The summed E-state index contributed by atoms with van der Waals surface area (Å²) in [5.74, 6) is -0.0604. The van der Waals surface area contributed by atoms with Gasteiger partial charge < -0.3 is 5.73 Å². The lowest BCUT2D eigenvalue weighted by Crippen LogP contribution is -2.08. The molecule has 2 aromatic rings. The van der Waals surface area contributed by atoms with E-state index in [-0.39, 0.29) is 15.7 Å². The van der Waals surface area contributed by atoms with Gasteiger partial charge in [0.25, 0.3) is 0 Å². The molecule has 20 heavy (non-hydrogen) atoms. The molecule has 0 aromatic heterocycles. The fourth-order valence-electron chi connectivity index (χ4n) is 2.11. The molecule has 3 nitrogen and oxygen atoms in total. The van der Waals surface area contributed by atoms with E-state index in [1.165, 1.54) is 12.1 Å². The molecule has 0 aliphatic carbocycles. The summed E-state index contributed by atoms with van der Waals surface area (Å²) in [4.78, 5) is 0.121. The van der Waals surface area contributed by atoms with Crippen molar-refractivity contribution in [1.82, 2.24) is 0 Å². The summed E-state index contributed by atoms with van der Waals surface area (Å²) in [5.41, 5.74) is 8.77. The van der Waals surface area contributed by atoms with Gasteiger partial charge in [-0.3, -0.25) is 0 Å². The molecule has 0 radical (unpaired) electrons. The number of benzene rings is 2. The van der Waals surface area contributed by atoms with Crippen LogP contribution >= 0.6 is 11.6 Å². The summed E-state index contributed by atoms with van der Waals surface area (Å²) >= 11 is 6.00. The lowest BCUT2D eigenvalue weighted by molar-refractivity contribution is 0.595. The monoisotopic (exact) mass is 309 g/mol. The first kappa shape index (κ1) is 14.9. The third kappa shape index (κ3) is 2.97. The predicted octanol–water partition coefficient (Wildman–Crippen LogP) is 3.51. The molecule has 0 unspecified atom stereocenters. The van der Waals surface area contributed by atoms with Crippen molar-refractivity contribution in [2.75, 3.05) is 5.73 Å². The van der Waals surface area contributed by atoms with Gasteiger partial charge in [-0.25, -0.2) is 8.42 Å². The van der Waals surface area contributed by atoms with Crippen molar-refractivity contribution >= 4 is 27.1 Å². The van der Waals surface area contributed by atoms with Crippen LogP contribution in [0.15, 0.2) is 41.3 Å². The zero-order chi connectivity index (χ0) is 14.9. The lowest BCUT2D eigenvalue weighted by atomic mass is 10.1. The van der Waals surface area contributed by atoms with Crippen molar-refractivity contribution in [3.8, 4) is 0 Å². The molecular formula is C15H16ClNO2S. The van der Waals surface area contributed by atoms with Crippen LogP contribution in [0.3, 0.4) is 0 Å². The summed E-state index contributed by atoms with van der Waals surface area (Å²) in [7, 11) is -3.49. The Balaban J connectivity index is 2.46. The molecule has 2 aromatic carbocycles. The van der Waals surface area contributed by atoms with Gasteiger partial charge in [-0.1, -0.05) is 29.8 Å². The van der Waals surface area contributed by atoms with Crippen LogP contribution < -0.4 is 5.73 Å². The molecule has 0 spiro atoms. The molecule has 2 rings (SSSR count). The Hall–Kier alpha value is -1.52. The zero-order valence-corrected chi connectivity index (χ0v) is 12.9. The zero-order valence-electron chi connectivity index (χ0n) is 11.4. The van der Waals surface area contributed by atoms with Crippen LogP contribution in [-0.2, 0) is 15.6 Å². The number of aryl methyl sites for hydroxylation is 2. The van der Waals surface area contributed by atoms with Gasteiger partial charge in [0.1, 0.15) is 0 Å². The smallest absolute Gasteiger partial charge is 0.184 e. The topological polar surface area (TPSA) is 60.2 Å². The highest BCUT2D eigenvalue weighted by Gasteiger charge is 2.20. The van der Waals surface area contributed by atoms with Gasteiger partial charge in [0.05, 0.1) is 15.7 Å². The van der Waals surface area contributed by atoms with Gasteiger partial charge in [-0.15, -0.1) is 0 Å². The lowest BCUT2D eigenvalue weighted by Gasteiger charge is -2.11. The Morgan fingerprint density at radius 3 is 2.25 bits per heavy atom. The number of halogens is 1. The van der Waals surface area contributed by atoms with Crippen molar-refractivity contribution in [2.24, 2.45) is 0 Å². The maximum atomic E-state index is 12.5. The molecule has 2 N–H and O–H groups in total. The van der Waals surface area contributed by atoms with Gasteiger partial charge in [0, 0.05) is 5.69 Å². The fourth-order valence-corrected chi connectivity index (χ4v) is 4.28. The van der Waals surface area contributed by atoms with Crippen molar-refractivity contribution in [3.05, 3.63) is 58.1 Å². The second-order valence-electron chi connectivity index (χ2n) is 4.82. The van der Waals surface area contributed by atoms with E-state index >= 15 is 0 Å². The standard InChI is InChI=1S/C15H16ClNO2S/c1-10-4-3-5-11(2)13(10)9-20(18,19)15-7-6-12(17)8-14(15)16/h3-8H,9,17H2,1-2H3. The minimum Gasteiger partial charge on any atom is -0.399 e. The number of hydrogen-bond acceptors (Lipinski definition) is 3. The van der Waals surface area contributed by atoms with E-state index in [1.807, 2.05) is 32.0 Å². The normalized spacial score (nSPS) is 11.6. The van der Waals surface area contributed by atoms with Gasteiger partial charge in [0.2, 0.25) is 0 Å². The highest BCUT2D eigenvalue weighted by atomic mass is 35.5. The Kier molecular flexibility index (Phi) is 4.06. The van der Waals surface area contributed by atoms with E-state index in [2.05, 4.69) is 0 Å². The SMILES string of the molecule is Cc1cccc(C)c1CS(=O)(=O)c1ccc(N)cc1Cl. The van der Waals surface area contributed by atoms with Crippen molar-refractivity contribution in [2.45, 2.75) is 24.5 Å². The van der Waals surface area contributed by atoms with Crippen LogP contribution in [0.1, 0.15) is 16.7 Å². The summed E-state index contributed by atoms with van der Waals surface area (Å²) in [5, 5.41) is 0.163. The predicted molar refractivity (Wildman–Crippen MR) is 82.7 cm³/mol. The molecule has 0 aliphatic heterocycles. The van der Waals surface area contributed by atoms with E-state index in [0.29, 0.717) is 5.69 Å². The third-order valence-electron chi connectivity index (χ3n) is 3.27. The maximum Gasteiger partial charge on any atom is 0.184 e. The van der Waals surface area contributed by atoms with Crippen molar-refractivity contribution < 1.29 is 8.42 Å². The van der Waals surface area contributed by atoms with Crippen LogP contribution in [0.4, 0.5) is 5.69 Å². The quantitative estimate of drug-likeness (QED) is 0.883. The molecule has 0 bridgehead atoms. The molecule has 106 valence electrons. The molecular weight excluding hydrogens is 294 g/mol. The van der Waals surface area contributed by atoms with E-state index in [1.54, 1.807) is 6.07 Å². The van der Waals surface area contributed by atoms with Crippen LogP contribution in [0.5, 0.6) is 0 Å². The number of sulfone groups is 1. The summed E-state index contributed by atoms with van der Waals surface area (Å²) in [6.07, 6.45) is 0. The summed E-state index contributed by atoms with van der Waals surface area (Å²) in [6, 6.07) is 10.2.